The molecule has 4 nitrogen and oxygen atoms in total. The normalized spacial score (nSPS) is 29.1. The van der Waals surface area contributed by atoms with Crippen molar-refractivity contribution in [3.05, 3.63) is 24.3 Å². The highest BCUT2D eigenvalue weighted by Gasteiger charge is 2.44. The molecule has 24 heavy (non-hydrogen) atoms. The van der Waals surface area contributed by atoms with Crippen LogP contribution in [0.5, 0.6) is 5.75 Å². The van der Waals surface area contributed by atoms with Crippen LogP contribution >= 0.6 is 0 Å². The van der Waals surface area contributed by atoms with Crippen LogP contribution in [0.1, 0.15) is 32.6 Å². The molecule has 1 aromatic carbocycles. The number of fused-ring (bicyclic) bond motifs is 2. The van der Waals surface area contributed by atoms with E-state index in [0.29, 0.717) is 24.3 Å². The third-order valence-corrected chi connectivity index (χ3v) is 6.15. The molecule has 3 fully saturated rings. The van der Waals surface area contributed by atoms with Gasteiger partial charge in [0.25, 0.3) is 0 Å². The number of carbonyl (C=O) groups excluding carboxylic acids is 1. The van der Waals surface area contributed by atoms with Crippen LogP contribution in [0.15, 0.2) is 24.3 Å². The van der Waals surface area contributed by atoms with Gasteiger partial charge in [-0.2, -0.15) is 0 Å². The van der Waals surface area contributed by atoms with Gasteiger partial charge in [0.05, 0.1) is 12.3 Å². The second-order valence-corrected chi connectivity index (χ2v) is 7.49. The summed E-state index contributed by atoms with van der Waals surface area (Å²) in [5.74, 6) is 3.22. The van der Waals surface area contributed by atoms with Gasteiger partial charge in [0.1, 0.15) is 5.75 Å². The van der Waals surface area contributed by atoms with E-state index < -0.39 is 0 Å². The Labute approximate surface area is 144 Å². The Hall–Kier alpha value is -1.71. The summed E-state index contributed by atoms with van der Waals surface area (Å²) in [4.78, 5) is 17.4. The lowest BCUT2D eigenvalue weighted by Crippen LogP contribution is -2.51. The molecule has 2 saturated carbocycles. The summed E-state index contributed by atoms with van der Waals surface area (Å²) in [5.41, 5.74) is 1.16. The Kier molecular flexibility index (Phi) is 4.38. The van der Waals surface area contributed by atoms with Crippen molar-refractivity contribution >= 4 is 11.6 Å². The van der Waals surface area contributed by atoms with Crippen LogP contribution in [-0.4, -0.2) is 43.6 Å². The average Bonchev–Trinajstić information content (AvgIpc) is 3.25. The smallest absolute Gasteiger partial charge is 0.226 e. The van der Waals surface area contributed by atoms with Gasteiger partial charge in [-0.05, 0) is 50.2 Å². The average molecular weight is 328 g/mol. The number of ether oxygens (including phenoxy) is 1. The summed E-state index contributed by atoms with van der Waals surface area (Å²) < 4.78 is 5.76. The van der Waals surface area contributed by atoms with Crippen LogP contribution < -0.4 is 9.64 Å². The molecule has 1 aliphatic heterocycles. The second-order valence-electron chi connectivity index (χ2n) is 7.49. The fraction of sp³-hybridized carbons (Fsp3) is 0.650. The van der Waals surface area contributed by atoms with Crippen LogP contribution in [-0.2, 0) is 4.79 Å². The Morgan fingerprint density at radius 3 is 2.58 bits per heavy atom. The molecule has 3 aliphatic rings. The van der Waals surface area contributed by atoms with E-state index in [1.54, 1.807) is 0 Å². The van der Waals surface area contributed by atoms with Gasteiger partial charge in [-0.1, -0.05) is 18.6 Å². The first kappa shape index (κ1) is 15.8. The molecular weight excluding hydrogens is 300 g/mol. The number of nitrogens with zero attached hydrogens (tertiary/aromatic N) is 2. The Morgan fingerprint density at radius 2 is 1.92 bits per heavy atom. The third kappa shape index (κ3) is 2.87. The van der Waals surface area contributed by atoms with Crippen LogP contribution in [0, 0.1) is 17.8 Å². The summed E-state index contributed by atoms with van der Waals surface area (Å²) >= 11 is 0. The zero-order valence-corrected chi connectivity index (χ0v) is 14.6. The van der Waals surface area contributed by atoms with Gasteiger partial charge in [-0.3, -0.25) is 4.79 Å². The number of para-hydroxylation sites is 2. The van der Waals surface area contributed by atoms with Crippen molar-refractivity contribution in [2.45, 2.75) is 32.6 Å². The van der Waals surface area contributed by atoms with Crippen molar-refractivity contribution in [2.75, 3.05) is 37.7 Å². The minimum absolute atomic E-state index is 0.325. The first-order chi connectivity index (χ1) is 11.8. The monoisotopic (exact) mass is 328 g/mol. The lowest BCUT2D eigenvalue weighted by molar-refractivity contribution is -0.137. The predicted molar refractivity (Wildman–Crippen MR) is 95.3 cm³/mol. The van der Waals surface area contributed by atoms with Crippen molar-refractivity contribution in [1.82, 2.24) is 4.90 Å². The number of rotatable bonds is 4. The molecule has 0 radical (unpaired) electrons. The molecule has 0 N–H and O–H groups in total. The first-order valence-electron chi connectivity index (χ1n) is 9.52. The number of benzene rings is 1. The van der Waals surface area contributed by atoms with Gasteiger partial charge in [0, 0.05) is 32.1 Å². The first-order valence-corrected chi connectivity index (χ1v) is 9.52. The van der Waals surface area contributed by atoms with Gasteiger partial charge < -0.3 is 14.5 Å². The Bertz CT molecular complexity index is 595. The SMILES string of the molecule is CCOc1ccccc1N1CCN(C(=O)[C@@H]2C[C@H]3CC[C@H]2C3)CC1. The van der Waals surface area contributed by atoms with Crippen molar-refractivity contribution in [2.24, 2.45) is 17.8 Å². The highest BCUT2D eigenvalue weighted by atomic mass is 16.5. The predicted octanol–water partition coefficient (Wildman–Crippen LogP) is 3.17. The standard InChI is InChI=1S/C20H28N2O2/c1-2-24-19-6-4-3-5-18(19)21-9-11-22(12-10-21)20(23)17-14-15-7-8-16(17)13-15/h3-6,15-17H,2,7-14H2,1H3/t15-,16-,17+/m0/s1. The van der Waals surface area contributed by atoms with Crippen molar-refractivity contribution in [1.29, 1.82) is 0 Å². The number of piperazine rings is 1. The summed E-state index contributed by atoms with van der Waals surface area (Å²) in [6, 6.07) is 8.23. The van der Waals surface area contributed by atoms with Crippen molar-refractivity contribution < 1.29 is 9.53 Å². The Morgan fingerprint density at radius 1 is 1.12 bits per heavy atom. The highest BCUT2D eigenvalue weighted by molar-refractivity contribution is 5.80. The Balaban J connectivity index is 1.38. The minimum Gasteiger partial charge on any atom is -0.492 e. The molecule has 0 aromatic heterocycles. The number of carbonyl (C=O) groups is 1. The van der Waals surface area contributed by atoms with E-state index in [9.17, 15) is 4.79 Å². The lowest BCUT2D eigenvalue weighted by Gasteiger charge is -2.38. The van der Waals surface area contributed by atoms with Gasteiger partial charge in [0.2, 0.25) is 5.91 Å². The molecule has 0 unspecified atom stereocenters. The minimum atomic E-state index is 0.325. The second kappa shape index (κ2) is 6.66. The fourth-order valence-corrected chi connectivity index (χ4v) is 4.95. The van der Waals surface area contributed by atoms with E-state index in [2.05, 4.69) is 21.9 Å². The zero-order chi connectivity index (χ0) is 16.5. The van der Waals surface area contributed by atoms with Gasteiger partial charge in [0.15, 0.2) is 0 Å². The van der Waals surface area contributed by atoms with E-state index in [0.717, 1.165) is 50.0 Å². The molecule has 0 spiro atoms. The number of hydrogen-bond acceptors (Lipinski definition) is 3. The maximum atomic E-state index is 12.9. The molecule has 4 rings (SSSR count). The summed E-state index contributed by atoms with van der Waals surface area (Å²) in [7, 11) is 0. The van der Waals surface area contributed by atoms with Crippen LogP contribution in [0.25, 0.3) is 0 Å². The van der Waals surface area contributed by atoms with E-state index in [4.69, 9.17) is 4.74 Å². The quantitative estimate of drug-likeness (QED) is 0.851. The topological polar surface area (TPSA) is 32.8 Å². The zero-order valence-electron chi connectivity index (χ0n) is 14.6. The van der Waals surface area contributed by atoms with Gasteiger partial charge in [-0.25, -0.2) is 0 Å². The van der Waals surface area contributed by atoms with Crippen molar-refractivity contribution in [3.8, 4) is 5.75 Å². The maximum absolute atomic E-state index is 12.9. The van der Waals surface area contributed by atoms with Crippen LogP contribution in [0.3, 0.4) is 0 Å². The number of anilines is 1. The van der Waals surface area contributed by atoms with E-state index in [1.807, 2.05) is 19.1 Å². The molecule has 2 bridgehead atoms. The molecule has 1 saturated heterocycles. The van der Waals surface area contributed by atoms with Crippen LogP contribution in [0.2, 0.25) is 0 Å². The van der Waals surface area contributed by atoms with Gasteiger partial charge in [-0.15, -0.1) is 0 Å². The largest absolute Gasteiger partial charge is 0.492 e. The molecule has 130 valence electrons. The third-order valence-electron chi connectivity index (χ3n) is 6.15. The summed E-state index contributed by atoms with van der Waals surface area (Å²) in [5, 5.41) is 0. The molecular formula is C20H28N2O2. The van der Waals surface area contributed by atoms with Crippen molar-refractivity contribution in [3.63, 3.8) is 0 Å². The summed E-state index contributed by atoms with van der Waals surface area (Å²) in [6.45, 7) is 6.18. The lowest BCUT2D eigenvalue weighted by atomic mass is 9.87. The van der Waals surface area contributed by atoms with E-state index in [-0.39, 0.29) is 0 Å². The van der Waals surface area contributed by atoms with Crippen LogP contribution in [0.4, 0.5) is 5.69 Å². The number of amides is 1. The molecule has 1 heterocycles. The van der Waals surface area contributed by atoms with Gasteiger partial charge >= 0.3 is 0 Å². The molecule has 2 aliphatic carbocycles. The molecule has 1 aromatic rings. The molecule has 4 heteroatoms. The van der Waals surface area contributed by atoms with E-state index >= 15 is 0 Å². The summed E-state index contributed by atoms with van der Waals surface area (Å²) in [6.07, 6.45) is 5.09. The van der Waals surface area contributed by atoms with E-state index in [1.165, 1.54) is 19.3 Å². The number of hydrogen-bond donors (Lipinski definition) is 0. The fourth-order valence-electron chi connectivity index (χ4n) is 4.95. The molecule has 3 atom stereocenters. The highest BCUT2D eigenvalue weighted by Crippen LogP contribution is 2.49. The molecule has 1 amide bonds. The maximum Gasteiger partial charge on any atom is 0.226 e.